The lowest BCUT2D eigenvalue weighted by molar-refractivity contribution is -0.0239. The fourth-order valence-electron chi connectivity index (χ4n) is 2.10. The van der Waals surface area contributed by atoms with Crippen LogP contribution in [0.4, 0.5) is 0 Å². The number of methoxy groups -OCH3 is 1. The van der Waals surface area contributed by atoms with Crippen LogP contribution in [0, 0.1) is 0 Å². The Balaban J connectivity index is 1.78. The van der Waals surface area contributed by atoms with Crippen molar-refractivity contribution in [1.82, 2.24) is 25.5 Å². The number of tetrazole rings is 1. The molecule has 0 bridgehead atoms. The Labute approximate surface area is 107 Å². The van der Waals surface area contributed by atoms with E-state index < -0.39 is 0 Å². The second kappa shape index (κ2) is 6.77. The van der Waals surface area contributed by atoms with Gasteiger partial charge in [0.05, 0.1) is 25.3 Å². The van der Waals surface area contributed by atoms with E-state index in [-0.39, 0.29) is 0 Å². The molecule has 0 atom stereocenters. The molecule has 7 nitrogen and oxygen atoms in total. The molecule has 102 valence electrons. The summed E-state index contributed by atoms with van der Waals surface area (Å²) in [6.45, 7) is 4.97. The van der Waals surface area contributed by atoms with E-state index in [9.17, 15) is 0 Å². The summed E-state index contributed by atoms with van der Waals surface area (Å²) >= 11 is 0. The molecule has 1 aliphatic rings. The van der Waals surface area contributed by atoms with Gasteiger partial charge in [0, 0.05) is 20.3 Å². The predicted molar refractivity (Wildman–Crippen MR) is 65.1 cm³/mol. The van der Waals surface area contributed by atoms with Crippen LogP contribution < -0.4 is 5.32 Å². The van der Waals surface area contributed by atoms with Crippen molar-refractivity contribution in [2.75, 3.05) is 26.9 Å². The molecule has 0 unspecified atom stereocenters. The van der Waals surface area contributed by atoms with E-state index in [2.05, 4.69) is 20.8 Å². The highest BCUT2D eigenvalue weighted by Gasteiger charge is 2.33. The molecule has 0 radical (unpaired) electrons. The standard InChI is InChI=1S/C11H21N5O2/c1-3-18-10-6-9(7-10)16-11(13-14-15-16)8-12-4-5-17-2/h9-10,12H,3-8H2,1-2H3. The van der Waals surface area contributed by atoms with Crippen LogP contribution in [0.3, 0.4) is 0 Å². The van der Waals surface area contributed by atoms with Gasteiger partial charge in [-0.1, -0.05) is 0 Å². The van der Waals surface area contributed by atoms with Crippen LogP contribution in [0.2, 0.25) is 0 Å². The summed E-state index contributed by atoms with van der Waals surface area (Å²) in [6.07, 6.45) is 2.38. The summed E-state index contributed by atoms with van der Waals surface area (Å²) in [5.74, 6) is 0.881. The zero-order chi connectivity index (χ0) is 12.8. The Morgan fingerprint density at radius 2 is 2.28 bits per heavy atom. The molecule has 1 fully saturated rings. The number of rotatable bonds is 8. The maximum atomic E-state index is 5.54. The predicted octanol–water partition coefficient (Wildman–Crippen LogP) is 0.149. The van der Waals surface area contributed by atoms with Crippen molar-refractivity contribution in [2.45, 2.75) is 38.5 Å². The lowest BCUT2D eigenvalue weighted by Gasteiger charge is -2.34. The summed E-state index contributed by atoms with van der Waals surface area (Å²) in [5, 5.41) is 15.1. The third-order valence-corrected chi connectivity index (χ3v) is 3.15. The lowest BCUT2D eigenvalue weighted by Crippen LogP contribution is -2.35. The molecule has 1 aromatic heterocycles. The van der Waals surface area contributed by atoms with Crippen LogP contribution in [-0.2, 0) is 16.0 Å². The zero-order valence-corrected chi connectivity index (χ0v) is 11.0. The van der Waals surface area contributed by atoms with Crippen LogP contribution in [0.15, 0.2) is 0 Å². The highest BCUT2D eigenvalue weighted by Crippen LogP contribution is 2.34. The molecule has 0 saturated heterocycles. The number of hydrogen-bond donors (Lipinski definition) is 1. The average Bonchev–Trinajstić information content (AvgIpc) is 2.77. The minimum atomic E-state index is 0.374. The van der Waals surface area contributed by atoms with E-state index in [1.54, 1.807) is 7.11 Å². The Morgan fingerprint density at radius 3 is 3.00 bits per heavy atom. The van der Waals surface area contributed by atoms with E-state index in [1.807, 2.05) is 11.6 Å². The molecular formula is C11H21N5O2. The Morgan fingerprint density at radius 1 is 1.44 bits per heavy atom. The number of ether oxygens (including phenoxy) is 2. The van der Waals surface area contributed by atoms with Gasteiger partial charge in [-0.15, -0.1) is 5.10 Å². The SMILES string of the molecule is CCOC1CC(n2nnnc2CNCCOC)C1. The Hall–Kier alpha value is -1.05. The minimum Gasteiger partial charge on any atom is -0.383 e. The van der Waals surface area contributed by atoms with E-state index in [1.165, 1.54) is 0 Å². The van der Waals surface area contributed by atoms with Crippen LogP contribution in [0.25, 0.3) is 0 Å². The molecule has 1 heterocycles. The van der Waals surface area contributed by atoms with E-state index >= 15 is 0 Å². The number of hydrogen-bond acceptors (Lipinski definition) is 6. The normalized spacial score (nSPS) is 23.0. The first-order chi connectivity index (χ1) is 8.85. The zero-order valence-electron chi connectivity index (χ0n) is 11.0. The average molecular weight is 255 g/mol. The van der Waals surface area contributed by atoms with Crippen LogP contribution in [0.1, 0.15) is 31.6 Å². The van der Waals surface area contributed by atoms with Gasteiger partial charge < -0.3 is 14.8 Å². The maximum absolute atomic E-state index is 5.54. The molecule has 0 aliphatic heterocycles. The van der Waals surface area contributed by atoms with Crippen molar-refractivity contribution in [3.8, 4) is 0 Å². The van der Waals surface area contributed by atoms with Crippen molar-refractivity contribution in [3.05, 3.63) is 5.82 Å². The number of nitrogens with zero attached hydrogens (tertiary/aromatic N) is 4. The second-order valence-corrected chi connectivity index (χ2v) is 4.41. The first-order valence-electron chi connectivity index (χ1n) is 6.43. The summed E-state index contributed by atoms with van der Waals surface area (Å²) in [5.41, 5.74) is 0. The first kappa shape index (κ1) is 13.4. The fraction of sp³-hybridized carbons (Fsp3) is 0.909. The molecule has 18 heavy (non-hydrogen) atoms. The topological polar surface area (TPSA) is 74.1 Å². The molecule has 1 aromatic rings. The molecule has 7 heteroatoms. The van der Waals surface area contributed by atoms with Crippen molar-refractivity contribution in [3.63, 3.8) is 0 Å². The third-order valence-electron chi connectivity index (χ3n) is 3.15. The van der Waals surface area contributed by atoms with Gasteiger partial charge in [-0.3, -0.25) is 0 Å². The summed E-state index contributed by atoms with van der Waals surface area (Å²) in [6, 6.07) is 0.385. The third kappa shape index (κ3) is 3.24. The summed E-state index contributed by atoms with van der Waals surface area (Å²) in [7, 11) is 1.69. The van der Waals surface area contributed by atoms with Gasteiger partial charge in [-0.25, -0.2) is 4.68 Å². The highest BCUT2D eigenvalue weighted by atomic mass is 16.5. The van der Waals surface area contributed by atoms with Gasteiger partial charge in [-0.05, 0) is 30.2 Å². The minimum absolute atomic E-state index is 0.374. The molecule has 0 amide bonds. The van der Waals surface area contributed by atoms with Gasteiger partial charge in [0.1, 0.15) is 0 Å². The number of aromatic nitrogens is 4. The monoisotopic (exact) mass is 255 g/mol. The fourth-order valence-corrected chi connectivity index (χ4v) is 2.10. The van der Waals surface area contributed by atoms with Crippen molar-refractivity contribution in [1.29, 1.82) is 0 Å². The van der Waals surface area contributed by atoms with Gasteiger partial charge >= 0.3 is 0 Å². The molecule has 0 spiro atoms. The van der Waals surface area contributed by atoms with Gasteiger partial charge in [0.25, 0.3) is 0 Å². The largest absolute Gasteiger partial charge is 0.383 e. The highest BCUT2D eigenvalue weighted by molar-refractivity contribution is 4.91. The van der Waals surface area contributed by atoms with E-state index in [4.69, 9.17) is 9.47 Å². The van der Waals surface area contributed by atoms with Gasteiger partial charge in [-0.2, -0.15) is 0 Å². The molecule has 2 rings (SSSR count). The van der Waals surface area contributed by atoms with Crippen LogP contribution >= 0.6 is 0 Å². The second-order valence-electron chi connectivity index (χ2n) is 4.41. The molecule has 0 aromatic carbocycles. The van der Waals surface area contributed by atoms with E-state index in [0.717, 1.165) is 31.8 Å². The Kier molecular flexibility index (Phi) is 5.03. The quantitative estimate of drug-likeness (QED) is 0.666. The molecule has 1 saturated carbocycles. The Bertz CT molecular complexity index is 351. The van der Waals surface area contributed by atoms with E-state index in [0.29, 0.717) is 25.3 Å². The first-order valence-corrected chi connectivity index (χ1v) is 6.43. The summed E-state index contributed by atoms with van der Waals surface area (Å²) < 4.78 is 12.4. The summed E-state index contributed by atoms with van der Waals surface area (Å²) in [4.78, 5) is 0. The molecule has 1 N–H and O–H groups in total. The van der Waals surface area contributed by atoms with Crippen LogP contribution in [-0.4, -0.2) is 53.2 Å². The lowest BCUT2D eigenvalue weighted by atomic mass is 9.89. The smallest absolute Gasteiger partial charge is 0.165 e. The maximum Gasteiger partial charge on any atom is 0.165 e. The molecular weight excluding hydrogens is 234 g/mol. The molecule has 1 aliphatic carbocycles. The van der Waals surface area contributed by atoms with Crippen molar-refractivity contribution in [2.24, 2.45) is 0 Å². The van der Waals surface area contributed by atoms with Crippen molar-refractivity contribution < 1.29 is 9.47 Å². The van der Waals surface area contributed by atoms with Gasteiger partial charge in [0.15, 0.2) is 5.82 Å². The number of nitrogens with one attached hydrogen (secondary N) is 1. The van der Waals surface area contributed by atoms with Crippen LogP contribution in [0.5, 0.6) is 0 Å². The van der Waals surface area contributed by atoms with Gasteiger partial charge in [0.2, 0.25) is 0 Å². The van der Waals surface area contributed by atoms with Crippen molar-refractivity contribution >= 4 is 0 Å².